The summed E-state index contributed by atoms with van der Waals surface area (Å²) in [6, 6.07) is 41.6. The van der Waals surface area contributed by atoms with Crippen molar-refractivity contribution in [3.05, 3.63) is 240 Å². The second-order valence-electron chi connectivity index (χ2n) is 20.0. The number of esters is 6. The van der Waals surface area contributed by atoms with E-state index in [2.05, 4.69) is 26.2 Å². The molecule has 0 fully saturated rings. The Labute approximate surface area is 544 Å². The Hall–Kier alpha value is -8.44. The standard InChI is InChI=1S/C36H32Cl3NO10S.C30H30BrNO7/c1-21-5-11-24(12-6-21)34(41)47-20-31(50-51(44,45)32-18-28(38)27(37)17-29(32)39)33(49-36(43)26-15-9-23(3)10-16-26)30(19-40-46-4)48-35(42)25-13-7-22(2)8-14-25;1-19-5-11-22(12-6-19)28(33)37-18-25(31)27(39-30(35)24-15-9-21(3)10-16-24)26(17-32-36-4)38-29(34)23-13-7-20(2)8-14-23/h5-19,30-31,33H,20H2,1-4H3;5-17,25-27H,18H2,1-4H3/b40-19+;32-17+/t30-,31+,33-;25-,26-,27+/m11/s1. The minimum absolute atomic E-state index is 0.0343. The van der Waals surface area contributed by atoms with Gasteiger partial charge in [0.15, 0.2) is 30.5 Å². The Bertz CT molecular complexity index is 3780. The normalized spacial score (nSPS) is 13.2. The van der Waals surface area contributed by atoms with Gasteiger partial charge in [-0.05, 0) is 126 Å². The van der Waals surface area contributed by atoms with Gasteiger partial charge in [0.25, 0.3) is 10.1 Å². The summed E-state index contributed by atoms with van der Waals surface area (Å²) >= 11 is 21.9. The molecule has 0 heterocycles. The first-order valence-electron chi connectivity index (χ1n) is 27.3. The van der Waals surface area contributed by atoms with Crippen molar-refractivity contribution in [2.45, 2.75) is 81.8 Å². The van der Waals surface area contributed by atoms with E-state index in [1.807, 2.05) is 41.5 Å². The van der Waals surface area contributed by atoms with Gasteiger partial charge in [-0.15, -0.1) is 0 Å². The molecule has 7 rings (SSSR count). The lowest BCUT2D eigenvalue weighted by molar-refractivity contribution is -0.0685. The van der Waals surface area contributed by atoms with E-state index in [1.165, 1.54) is 56.8 Å². The van der Waals surface area contributed by atoms with Gasteiger partial charge in [0, 0.05) is 0 Å². The van der Waals surface area contributed by atoms with Crippen LogP contribution in [0.5, 0.6) is 0 Å². The van der Waals surface area contributed by atoms with Crippen LogP contribution in [-0.2, 0) is 52.4 Å². The van der Waals surface area contributed by atoms with Crippen molar-refractivity contribution in [2.75, 3.05) is 27.4 Å². The van der Waals surface area contributed by atoms with Gasteiger partial charge in [-0.2, -0.15) is 8.42 Å². The Balaban J connectivity index is 0.000000297. The van der Waals surface area contributed by atoms with Gasteiger partial charge in [0.2, 0.25) is 0 Å². The predicted molar refractivity (Wildman–Crippen MR) is 342 cm³/mol. The summed E-state index contributed by atoms with van der Waals surface area (Å²) in [5.41, 5.74) is 6.81. The van der Waals surface area contributed by atoms with E-state index in [0.717, 1.165) is 51.7 Å². The van der Waals surface area contributed by atoms with Gasteiger partial charge in [-0.3, -0.25) is 4.18 Å². The monoisotopic (exact) mass is 1370 g/mol. The molecule has 0 aliphatic rings. The average Bonchev–Trinajstić information content (AvgIpc) is 1.68. The van der Waals surface area contributed by atoms with E-state index < -0.39 is 92.8 Å². The molecular weight excluding hydrogens is 1310 g/mol. The number of rotatable bonds is 25. The Kier molecular flexibility index (Phi) is 26.6. The summed E-state index contributed by atoms with van der Waals surface area (Å²) in [4.78, 5) is 87.0. The number of halogens is 4. The van der Waals surface area contributed by atoms with Crippen LogP contribution in [0.4, 0.5) is 0 Å². The third kappa shape index (κ3) is 21.1. The zero-order valence-corrected chi connectivity index (χ0v) is 54.5. The predicted octanol–water partition coefficient (Wildman–Crippen LogP) is 13.2. The lowest BCUT2D eigenvalue weighted by Crippen LogP contribution is -2.48. The molecule has 472 valence electrons. The molecule has 19 nitrogen and oxygen atoms in total. The number of hydrogen-bond acceptors (Lipinski definition) is 19. The van der Waals surface area contributed by atoms with Crippen molar-refractivity contribution in [2.24, 2.45) is 10.3 Å². The van der Waals surface area contributed by atoms with Crippen molar-refractivity contribution >= 4 is 109 Å². The van der Waals surface area contributed by atoms with E-state index in [0.29, 0.717) is 16.7 Å². The second-order valence-corrected chi connectivity index (χ2v) is 24.0. The Morgan fingerprint density at radius 3 is 1.06 bits per heavy atom. The fraction of sp³-hybridized carbons (Fsp3) is 0.242. The zero-order valence-electron chi connectivity index (χ0n) is 49.8. The molecule has 0 saturated heterocycles. The molecule has 7 aromatic rings. The number of benzene rings is 7. The number of ether oxygens (including phenoxy) is 6. The molecule has 0 aliphatic heterocycles. The Morgan fingerprint density at radius 1 is 0.422 bits per heavy atom. The molecule has 0 spiro atoms. The van der Waals surface area contributed by atoms with Crippen molar-refractivity contribution in [1.82, 2.24) is 0 Å². The molecule has 0 saturated carbocycles. The maximum atomic E-state index is 13.8. The van der Waals surface area contributed by atoms with Gasteiger partial charge >= 0.3 is 35.8 Å². The molecule has 0 aromatic heterocycles. The summed E-state index contributed by atoms with van der Waals surface area (Å²) in [6.07, 6.45) is -5.58. The third-order valence-electron chi connectivity index (χ3n) is 12.9. The molecule has 0 aliphatic carbocycles. The van der Waals surface area contributed by atoms with Gasteiger partial charge in [0.1, 0.15) is 32.3 Å². The van der Waals surface area contributed by atoms with Gasteiger partial charge in [-0.1, -0.05) is 167 Å². The van der Waals surface area contributed by atoms with Crippen LogP contribution in [0.1, 0.15) is 95.5 Å². The maximum Gasteiger partial charge on any atom is 0.338 e. The zero-order chi connectivity index (χ0) is 65.7. The van der Waals surface area contributed by atoms with Crippen LogP contribution in [0.15, 0.2) is 173 Å². The highest BCUT2D eigenvalue weighted by molar-refractivity contribution is 9.09. The lowest BCUT2D eigenvalue weighted by atomic mass is 10.1. The van der Waals surface area contributed by atoms with Crippen LogP contribution < -0.4 is 0 Å². The molecular formula is C66H62BrCl3N2O17S. The van der Waals surface area contributed by atoms with Gasteiger partial charge in [0.05, 0.1) is 65.7 Å². The molecule has 0 amide bonds. The highest BCUT2D eigenvalue weighted by Gasteiger charge is 2.42. The van der Waals surface area contributed by atoms with Crippen molar-refractivity contribution in [1.29, 1.82) is 0 Å². The molecule has 0 unspecified atom stereocenters. The van der Waals surface area contributed by atoms with E-state index in [9.17, 15) is 37.2 Å². The number of hydrogen-bond donors (Lipinski definition) is 0. The van der Waals surface area contributed by atoms with E-state index in [4.69, 9.17) is 77.1 Å². The lowest BCUT2D eigenvalue weighted by Gasteiger charge is -2.30. The molecule has 7 aromatic carbocycles. The van der Waals surface area contributed by atoms with E-state index >= 15 is 0 Å². The summed E-state index contributed by atoms with van der Waals surface area (Å²) in [5.74, 6) is -4.60. The molecule has 0 bridgehead atoms. The van der Waals surface area contributed by atoms with Crippen molar-refractivity contribution in [3.8, 4) is 0 Å². The number of carbonyl (C=O) groups excluding carboxylic acids is 6. The molecule has 90 heavy (non-hydrogen) atoms. The highest BCUT2D eigenvalue weighted by atomic mass is 79.9. The summed E-state index contributed by atoms with van der Waals surface area (Å²) in [6.45, 7) is 10.1. The fourth-order valence-corrected chi connectivity index (χ4v) is 10.5. The van der Waals surface area contributed by atoms with Crippen LogP contribution in [-0.4, -0.2) is 119 Å². The summed E-state index contributed by atoms with van der Waals surface area (Å²) in [5, 5.41) is 6.92. The minimum atomic E-state index is -4.91. The first-order chi connectivity index (χ1) is 42.8. The van der Waals surface area contributed by atoms with Crippen molar-refractivity contribution in [3.63, 3.8) is 0 Å². The molecule has 0 N–H and O–H groups in total. The average molecular weight is 1370 g/mol. The van der Waals surface area contributed by atoms with E-state index in [-0.39, 0.29) is 38.4 Å². The highest BCUT2D eigenvalue weighted by Crippen LogP contribution is 2.34. The van der Waals surface area contributed by atoms with Crippen LogP contribution in [0.3, 0.4) is 0 Å². The van der Waals surface area contributed by atoms with Crippen molar-refractivity contribution < 1.29 is 79.5 Å². The maximum absolute atomic E-state index is 13.8. The van der Waals surface area contributed by atoms with Crippen LogP contribution >= 0.6 is 50.7 Å². The largest absolute Gasteiger partial charge is 0.461 e. The summed E-state index contributed by atoms with van der Waals surface area (Å²) < 4.78 is 67.4. The van der Waals surface area contributed by atoms with Crippen LogP contribution in [0, 0.1) is 41.5 Å². The third-order valence-corrected chi connectivity index (χ3v) is 16.2. The topological polar surface area (TPSA) is 244 Å². The van der Waals surface area contributed by atoms with E-state index in [1.54, 1.807) is 109 Å². The quantitative estimate of drug-likeness (QED) is 0.00982. The first kappa shape index (κ1) is 70.6. The SMILES string of the molecule is CO/N=C/[C@@H](OC(=O)c1ccc(C)cc1)[C@@H](OC(=O)c1ccc(C)cc1)[C@H](Br)COC(=O)c1ccc(C)cc1.CO/N=C/[C@@H](OC(=O)c1ccc(C)cc1)[C@@H](OC(=O)c1ccc(C)cc1)[C@H](COC(=O)c1ccc(C)cc1)OS(=O)(=O)c1cc(Cl)c(Cl)cc1Cl. The first-order valence-corrected chi connectivity index (χ1v) is 30.7. The Morgan fingerprint density at radius 2 is 0.711 bits per heavy atom. The molecule has 6 atom stereocenters. The van der Waals surface area contributed by atoms with Gasteiger partial charge in [-0.25, -0.2) is 28.8 Å². The second kappa shape index (κ2) is 33.9. The fourth-order valence-electron chi connectivity index (χ4n) is 7.87. The number of nitrogens with zero attached hydrogens (tertiary/aromatic N) is 2. The van der Waals surface area contributed by atoms with Gasteiger partial charge < -0.3 is 38.1 Å². The minimum Gasteiger partial charge on any atom is -0.461 e. The van der Waals surface area contributed by atoms with Crippen LogP contribution in [0.2, 0.25) is 15.1 Å². The number of carbonyl (C=O) groups is 6. The summed E-state index contributed by atoms with van der Waals surface area (Å²) in [7, 11) is -2.38. The smallest absolute Gasteiger partial charge is 0.338 e. The number of aryl methyl sites for hydroxylation is 6. The van der Waals surface area contributed by atoms with Crippen LogP contribution in [0.25, 0.3) is 0 Å². The molecule has 24 heteroatoms. The number of alkyl halides is 1. The molecule has 0 radical (unpaired) electrons. The number of oxime groups is 2.